The third kappa shape index (κ3) is 2.66. The van der Waals surface area contributed by atoms with Crippen molar-refractivity contribution >= 4 is 28.6 Å². The fourth-order valence-electron chi connectivity index (χ4n) is 3.13. The number of hydrogen-bond donors (Lipinski definition) is 1. The van der Waals surface area contributed by atoms with E-state index in [2.05, 4.69) is 16.4 Å². The zero-order valence-corrected chi connectivity index (χ0v) is 14.9. The number of pyridine rings is 1. The molecule has 0 fully saturated rings. The van der Waals surface area contributed by atoms with E-state index in [0.717, 1.165) is 11.4 Å². The summed E-state index contributed by atoms with van der Waals surface area (Å²) in [6.07, 6.45) is 1.63. The number of nitriles is 1. The highest BCUT2D eigenvalue weighted by Gasteiger charge is 2.15. The number of para-hydroxylation sites is 2. The van der Waals surface area contributed by atoms with Gasteiger partial charge in [0.25, 0.3) is 5.56 Å². The predicted molar refractivity (Wildman–Crippen MR) is 105 cm³/mol. The molecule has 2 aromatic heterocycles. The standard InChI is InChI=1S/C21H16N4O2/c1-13-16(11-22)20-24-18-5-3-4-6-19(18)25(20)21(26)17(13)12-23-14-7-9-15(27-2)10-8-14/h3-10,12,23H,1-2H3/b17-12+. The molecule has 0 atom stereocenters. The maximum atomic E-state index is 13.1. The molecular formula is C21H16N4O2. The van der Waals surface area contributed by atoms with Crippen LogP contribution in [-0.4, -0.2) is 16.5 Å². The molecule has 0 bridgehead atoms. The molecule has 4 rings (SSSR count). The first-order chi connectivity index (χ1) is 13.1. The van der Waals surface area contributed by atoms with Crippen LogP contribution in [0, 0.1) is 18.3 Å². The average molecular weight is 356 g/mol. The highest BCUT2D eigenvalue weighted by molar-refractivity contribution is 5.82. The van der Waals surface area contributed by atoms with Crippen LogP contribution >= 0.6 is 0 Å². The van der Waals surface area contributed by atoms with Gasteiger partial charge in [0.05, 0.1) is 28.9 Å². The van der Waals surface area contributed by atoms with Crippen LogP contribution in [0.1, 0.15) is 11.1 Å². The zero-order valence-electron chi connectivity index (χ0n) is 14.9. The Morgan fingerprint density at radius 1 is 1.19 bits per heavy atom. The van der Waals surface area contributed by atoms with E-state index in [9.17, 15) is 10.1 Å². The molecule has 4 aromatic rings. The maximum Gasteiger partial charge on any atom is 0.265 e. The SMILES string of the molecule is COc1ccc(N/C=c2\c(C)c(C#N)c3nc4ccccc4n3c2=O)cc1. The molecule has 2 aromatic carbocycles. The van der Waals surface area contributed by atoms with Gasteiger partial charge in [0, 0.05) is 11.9 Å². The van der Waals surface area contributed by atoms with Gasteiger partial charge < -0.3 is 10.1 Å². The summed E-state index contributed by atoms with van der Waals surface area (Å²) in [7, 11) is 1.61. The lowest BCUT2D eigenvalue weighted by Crippen LogP contribution is -2.34. The molecular weight excluding hydrogens is 340 g/mol. The summed E-state index contributed by atoms with van der Waals surface area (Å²) in [6, 6.07) is 16.9. The zero-order chi connectivity index (χ0) is 19.0. The summed E-state index contributed by atoms with van der Waals surface area (Å²) >= 11 is 0. The van der Waals surface area contributed by atoms with E-state index in [4.69, 9.17) is 4.74 Å². The maximum absolute atomic E-state index is 13.1. The minimum atomic E-state index is -0.212. The number of methoxy groups -OCH3 is 1. The van der Waals surface area contributed by atoms with Gasteiger partial charge in [-0.2, -0.15) is 5.26 Å². The summed E-state index contributed by atoms with van der Waals surface area (Å²) < 4.78 is 6.65. The summed E-state index contributed by atoms with van der Waals surface area (Å²) in [5, 5.41) is 13.2. The minimum absolute atomic E-state index is 0.212. The van der Waals surface area contributed by atoms with Crippen LogP contribution in [0.3, 0.4) is 0 Å². The highest BCUT2D eigenvalue weighted by Crippen LogP contribution is 2.18. The normalized spacial score (nSPS) is 11.7. The van der Waals surface area contributed by atoms with Gasteiger partial charge in [-0.25, -0.2) is 4.98 Å². The van der Waals surface area contributed by atoms with Gasteiger partial charge in [-0.1, -0.05) is 12.1 Å². The molecule has 6 heteroatoms. The van der Waals surface area contributed by atoms with Crippen LogP contribution in [0.5, 0.6) is 5.75 Å². The molecule has 2 heterocycles. The summed E-state index contributed by atoms with van der Waals surface area (Å²) in [4.78, 5) is 17.6. The largest absolute Gasteiger partial charge is 0.497 e. The number of hydrogen-bond acceptors (Lipinski definition) is 5. The van der Waals surface area contributed by atoms with Crippen LogP contribution in [0.4, 0.5) is 5.69 Å². The number of benzene rings is 2. The van der Waals surface area contributed by atoms with Crippen LogP contribution in [-0.2, 0) is 0 Å². The third-order valence-electron chi connectivity index (χ3n) is 4.58. The van der Waals surface area contributed by atoms with Crippen LogP contribution in [0.15, 0.2) is 53.3 Å². The van der Waals surface area contributed by atoms with Crippen molar-refractivity contribution in [1.82, 2.24) is 9.38 Å². The fraction of sp³-hybridized carbons (Fsp3) is 0.0952. The van der Waals surface area contributed by atoms with Crippen molar-refractivity contribution in [3.05, 3.63) is 75.2 Å². The smallest absolute Gasteiger partial charge is 0.265 e. The predicted octanol–water partition coefficient (Wildman–Crippen LogP) is 2.61. The summed E-state index contributed by atoms with van der Waals surface area (Å²) in [6.45, 7) is 1.76. The number of ether oxygens (including phenoxy) is 1. The van der Waals surface area contributed by atoms with Gasteiger partial charge in [-0.15, -0.1) is 0 Å². The molecule has 6 nitrogen and oxygen atoms in total. The van der Waals surface area contributed by atoms with Crippen molar-refractivity contribution in [2.75, 3.05) is 12.4 Å². The van der Waals surface area contributed by atoms with Crippen molar-refractivity contribution < 1.29 is 4.74 Å². The molecule has 0 amide bonds. The lowest BCUT2D eigenvalue weighted by molar-refractivity contribution is 0.415. The molecule has 132 valence electrons. The second-order valence-corrected chi connectivity index (χ2v) is 6.11. The fourth-order valence-corrected chi connectivity index (χ4v) is 3.13. The molecule has 0 aliphatic carbocycles. The number of rotatable bonds is 3. The number of imidazole rings is 1. The number of nitrogens with one attached hydrogen (secondary N) is 1. The first-order valence-electron chi connectivity index (χ1n) is 8.38. The quantitative estimate of drug-likeness (QED) is 0.610. The average Bonchev–Trinajstić information content (AvgIpc) is 3.08. The van der Waals surface area contributed by atoms with Crippen molar-refractivity contribution in [2.45, 2.75) is 6.92 Å². The molecule has 0 aliphatic rings. The Labute approximate surface area is 154 Å². The van der Waals surface area contributed by atoms with Gasteiger partial charge in [0.1, 0.15) is 11.8 Å². The summed E-state index contributed by atoms with van der Waals surface area (Å²) in [5.74, 6) is 0.749. The third-order valence-corrected chi connectivity index (χ3v) is 4.58. The Morgan fingerprint density at radius 2 is 1.93 bits per heavy atom. The molecule has 1 N–H and O–H groups in total. The Bertz CT molecular complexity index is 1320. The van der Waals surface area contributed by atoms with Crippen LogP contribution in [0.25, 0.3) is 22.9 Å². The Balaban J connectivity index is 1.95. The van der Waals surface area contributed by atoms with E-state index in [0.29, 0.717) is 33.0 Å². The van der Waals surface area contributed by atoms with E-state index in [1.807, 2.05) is 48.5 Å². The number of anilines is 1. The second-order valence-electron chi connectivity index (χ2n) is 6.11. The highest BCUT2D eigenvalue weighted by atomic mass is 16.5. The van der Waals surface area contributed by atoms with Crippen molar-refractivity contribution in [3.63, 3.8) is 0 Å². The van der Waals surface area contributed by atoms with Crippen LogP contribution in [0.2, 0.25) is 0 Å². The van der Waals surface area contributed by atoms with Gasteiger partial charge in [-0.05, 0) is 48.9 Å². The molecule has 27 heavy (non-hydrogen) atoms. The molecule has 0 saturated carbocycles. The van der Waals surface area contributed by atoms with E-state index in [-0.39, 0.29) is 5.56 Å². The van der Waals surface area contributed by atoms with Gasteiger partial charge in [-0.3, -0.25) is 9.20 Å². The van der Waals surface area contributed by atoms with Gasteiger partial charge in [0.2, 0.25) is 0 Å². The number of nitrogens with zero attached hydrogens (tertiary/aromatic N) is 3. The molecule has 0 spiro atoms. The van der Waals surface area contributed by atoms with E-state index in [1.54, 1.807) is 20.2 Å². The minimum Gasteiger partial charge on any atom is -0.497 e. The lowest BCUT2D eigenvalue weighted by Gasteiger charge is -2.05. The lowest BCUT2D eigenvalue weighted by atomic mass is 10.1. The first kappa shape index (κ1) is 16.6. The molecule has 0 radical (unpaired) electrons. The molecule has 0 aliphatic heterocycles. The number of fused-ring (bicyclic) bond motifs is 3. The topological polar surface area (TPSA) is 79.4 Å². The van der Waals surface area contributed by atoms with Crippen LogP contribution < -0.4 is 20.8 Å². The van der Waals surface area contributed by atoms with Crippen molar-refractivity contribution in [3.8, 4) is 11.8 Å². The molecule has 0 unspecified atom stereocenters. The van der Waals surface area contributed by atoms with E-state index in [1.165, 1.54) is 4.40 Å². The monoisotopic (exact) mass is 356 g/mol. The Hall–Kier alpha value is -3.85. The van der Waals surface area contributed by atoms with Gasteiger partial charge >= 0.3 is 0 Å². The van der Waals surface area contributed by atoms with E-state index >= 15 is 0 Å². The van der Waals surface area contributed by atoms with E-state index < -0.39 is 0 Å². The second kappa shape index (κ2) is 6.46. The summed E-state index contributed by atoms with van der Waals surface area (Å²) in [5.41, 5.74) is 3.36. The Morgan fingerprint density at radius 3 is 2.63 bits per heavy atom. The Kier molecular flexibility index (Phi) is 3.98. The number of aromatic nitrogens is 2. The van der Waals surface area contributed by atoms with Crippen molar-refractivity contribution in [1.29, 1.82) is 5.26 Å². The van der Waals surface area contributed by atoms with Crippen molar-refractivity contribution in [2.24, 2.45) is 0 Å². The first-order valence-corrected chi connectivity index (χ1v) is 8.38. The van der Waals surface area contributed by atoms with Gasteiger partial charge in [0.15, 0.2) is 5.65 Å². The molecule has 0 saturated heterocycles.